The Morgan fingerprint density at radius 3 is 2.50 bits per heavy atom. The zero-order valence-corrected chi connectivity index (χ0v) is 9.45. The van der Waals surface area contributed by atoms with Crippen molar-refractivity contribution in [1.82, 2.24) is 9.97 Å². The van der Waals surface area contributed by atoms with Crippen LogP contribution in [0, 0.1) is 13.8 Å². The van der Waals surface area contributed by atoms with Gasteiger partial charge in [0.05, 0.1) is 5.69 Å². The lowest BCUT2D eigenvalue weighted by Gasteiger charge is -2.02. The second kappa shape index (κ2) is 4.31. The molecule has 0 bridgehead atoms. The molecule has 0 aliphatic carbocycles. The summed E-state index contributed by atoms with van der Waals surface area (Å²) in [6.45, 7) is 3.85. The fraction of sp³-hybridized carbons (Fsp3) is 0.231. The van der Waals surface area contributed by atoms with Crippen molar-refractivity contribution in [3.8, 4) is 0 Å². The predicted octanol–water partition coefficient (Wildman–Crippen LogP) is 1.98. The highest BCUT2D eigenvalue weighted by Crippen LogP contribution is 2.07. The van der Waals surface area contributed by atoms with E-state index < -0.39 is 0 Å². The molecule has 1 N–H and O–H groups in total. The first-order chi connectivity index (χ1) is 7.63. The number of H-pyrrole nitrogens is 1. The Bertz CT molecular complexity index is 541. The first kappa shape index (κ1) is 10.6. The largest absolute Gasteiger partial charge is 0.311 e. The normalized spacial score (nSPS) is 10.4. The minimum Gasteiger partial charge on any atom is -0.311 e. The Balaban J connectivity index is 2.26. The minimum atomic E-state index is -0.0883. The molecule has 0 atom stereocenters. The topological polar surface area (TPSA) is 45.8 Å². The molecule has 0 radical (unpaired) electrons. The van der Waals surface area contributed by atoms with Crippen LogP contribution in [0.3, 0.4) is 0 Å². The summed E-state index contributed by atoms with van der Waals surface area (Å²) in [6.07, 6.45) is 0.699. The SMILES string of the molecule is Cc1ccc(Cc2cc(=O)[nH]c(C)n2)cc1. The molecule has 1 heterocycles. The van der Waals surface area contributed by atoms with Gasteiger partial charge in [0, 0.05) is 12.5 Å². The van der Waals surface area contributed by atoms with Crippen molar-refractivity contribution in [2.75, 3.05) is 0 Å². The van der Waals surface area contributed by atoms with Gasteiger partial charge in [-0.2, -0.15) is 0 Å². The predicted molar refractivity (Wildman–Crippen MR) is 63.6 cm³/mol. The van der Waals surface area contributed by atoms with Crippen LogP contribution in [0.25, 0.3) is 0 Å². The van der Waals surface area contributed by atoms with Gasteiger partial charge in [0.15, 0.2) is 0 Å². The van der Waals surface area contributed by atoms with Gasteiger partial charge in [-0.3, -0.25) is 4.79 Å². The number of aromatic nitrogens is 2. The van der Waals surface area contributed by atoms with Crippen molar-refractivity contribution in [2.24, 2.45) is 0 Å². The highest BCUT2D eigenvalue weighted by atomic mass is 16.1. The van der Waals surface area contributed by atoms with Gasteiger partial charge in [0.25, 0.3) is 5.56 Å². The van der Waals surface area contributed by atoms with Crippen molar-refractivity contribution < 1.29 is 0 Å². The van der Waals surface area contributed by atoms with E-state index in [-0.39, 0.29) is 5.56 Å². The first-order valence-electron chi connectivity index (χ1n) is 5.26. The smallest absolute Gasteiger partial charge is 0.251 e. The Labute approximate surface area is 94.2 Å². The van der Waals surface area contributed by atoms with Gasteiger partial charge in [-0.05, 0) is 19.4 Å². The lowest BCUT2D eigenvalue weighted by molar-refractivity contribution is 0.945. The van der Waals surface area contributed by atoms with Crippen molar-refractivity contribution >= 4 is 0 Å². The van der Waals surface area contributed by atoms with E-state index in [1.165, 1.54) is 11.1 Å². The summed E-state index contributed by atoms with van der Waals surface area (Å²) >= 11 is 0. The van der Waals surface area contributed by atoms with Crippen LogP contribution in [-0.2, 0) is 6.42 Å². The second-order valence-corrected chi connectivity index (χ2v) is 3.98. The van der Waals surface area contributed by atoms with Crippen LogP contribution >= 0.6 is 0 Å². The molecule has 0 amide bonds. The van der Waals surface area contributed by atoms with E-state index in [0.717, 1.165) is 5.69 Å². The maximum absolute atomic E-state index is 11.3. The molecule has 1 aromatic carbocycles. The number of aromatic amines is 1. The van der Waals surface area contributed by atoms with Crippen molar-refractivity contribution in [2.45, 2.75) is 20.3 Å². The van der Waals surface area contributed by atoms with Gasteiger partial charge in [0.2, 0.25) is 0 Å². The summed E-state index contributed by atoms with van der Waals surface area (Å²) in [6, 6.07) is 9.80. The number of benzene rings is 1. The molecule has 0 saturated carbocycles. The Morgan fingerprint density at radius 2 is 1.88 bits per heavy atom. The van der Waals surface area contributed by atoms with Gasteiger partial charge in [-0.25, -0.2) is 4.98 Å². The number of rotatable bonds is 2. The molecular weight excluding hydrogens is 200 g/mol. The Hall–Kier alpha value is -1.90. The highest BCUT2D eigenvalue weighted by Gasteiger charge is 2.00. The molecule has 0 fully saturated rings. The third-order valence-electron chi connectivity index (χ3n) is 2.42. The van der Waals surface area contributed by atoms with Gasteiger partial charge in [-0.15, -0.1) is 0 Å². The highest BCUT2D eigenvalue weighted by molar-refractivity contribution is 5.25. The third-order valence-corrected chi connectivity index (χ3v) is 2.42. The lowest BCUT2D eigenvalue weighted by Crippen LogP contribution is -2.10. The van der Waals surface area contributed by atoms with Gasteiger partial charge in [-0.1, -0.05) is 29.8 Å². The van der Waals surface area contributed by atoms with Crippen LogP contribution in [0.2, 0.25) is 0 Å². The zero-order chi connectivity index (χ0) is 11.5. The molecule has 1 aromatic heterocycles. The molecule has 0 unspecified atom stereocenters. The molecule has 16 heavy (non-hydrogen) atoms. The van der Waals surface area contributed by atoms with E-state index in [9.17, 15) is 4.79 Å². The maximum atomic E-state index is 11.3. The summed E-state index contributed by atoms with van der Waals surface area (Å²) in [5.74, 6) is 0.662. The Kier molecular flexibility index (Phi) is 2.86. The molecule has 3 nitrogen and oxygen atoms in total. The monoisotopic (exact) mass is 214 g/mol. The van der Waals surface area contributed by atoms with E-state index in [1.807, 2.05) is 0 Å². The van der Waals surface area contributed by atoms with Crippen LogP contribution in [0.5, 0.6) is 0 Å². The van der Waals surface area contributed by atoms with Crippen LogP contribution in [0.1, 0.15) is 22.6 Å². The lowest BCUT2D eigenvalue weighted by atomic mass is 10.1. The molecule has 0 saturated heterocycles. The third kappa shape index (κ3) is 2.57. The molecule has 2 rings (SSSR count). The summed E-state index contributed by atoms with van der Waals surface area (Å²) in [5, 5.41) is 0. The van der Waals surface area contributed by atoms with E-state index in [4.69, 9.17) is 0 Å². The second-order valence-electron chi connectivity index (χ2n) is 3.98. The molecule has 3 heteroatoms. The van der Waals surface area contributed by atoms with Crippen LogP contribution in [0.4, 0.5) is 0 Å². The van der Waals surface area contributed by atoms with Gasteiger partial charge >= 0.3 is 0 Å². The minimum absolute atomic E-state index is 0.0883. The van der Waals surface area contributed by atoms with E-state index in [0.29, 0.717) is 12.2 Å². The zero-order valence-electron chi connectivity index (χ0n) is 9.45. The molecule has 0 spiro atoms. The van der Waals surface area contributed by atoms with Crippen LogP contribution in [-0.4, -0.2) is 9.97 Å². The first-order valence-corrected chi connectivity index (χ1v) is 5.26. The van der Waals surface area contributed by atoms with Gasteiger partial charge in [0.1, 0.15) is 5.82 Å². The van der Waals surface area contributed by atoms with Crippen LogP contribution < -0.4 is 5.56 Å². The van der Waals surface area contributed by atoms with Crippen molar-refractivity contribution in [3.63, 3.8) is 0 Å². The molecule has 0 aliphatic heterocycles. The number of nitrogens with one attached hydrogen (secondary N) is 1. The van der Waals surface area contributed by atoms with E-state index in [2.05, 4.69) is 41.2 Å². The van der Waals surface area contributed by atoms with E-state index >= 15 is 0 Å². The summed E-state index contributed by atoms with van der Waals surface area (Å²) < 4.78 is 0. The van der Waals surface area contributed by atoms with Crippen molar-refractivity contribution in [1.29, 1.82) is 0 Å². The number of hydrogen-bond acceptors (Lipinski definition) is 2. The Morgan fingerprint density at radius 1 is 1.19 bits per heavy atom. The quantitative estimate of drug-likeness (QED) is 0.830. The average Bonchev–Trinajstić information content (AvgIpc) is 2.20. The summed E-state index contributed by atoms with van der Waals surface area (Å²) in [4.78, 5) is 18.2. The molecule has 2 aromatic rings. The number of hydrogen-bond donors (Lipinski definition) is 1. The summed E-state index contributed by atoms with van der Waals surface area (Å²) in [5.41, 5.74) is 3.13. The van der Waals surface area contributed by atoms with Gasteiger partial charge < -0.3 is 4.98 Å². The summed E-state index contributed by atoms with van der Waals surface area (Å²) in [7, 11) is 0. The van der Waals surface area contributed by atoms with Crippen LogP contribution in [0.15, 0.2) is 35.1 Å². The van der Waals surface area contributed by atoms with E-state index in [1.54, 1.807) is 13.0 Å². The average molecular weight is 214 g/mol. The fourth-order valence-electron chi connectivity index (χ4n) is 1.65. The van der Waals surface area contributed by atoms with Crippen molar-refractivity contribution in [3.05, 3.63) is 63.3 Å². The number of aryl methyl sites for hydroxylation is 2. The molecular formula is C13H14N2O. The fourth-order valence-corrected chi connectivity index (χ4v) is 1.65. The maximum Gasteiger partial charge on any atom is 0.251 e. The molecule has 0 aliphatic rings. The molecule has 82 valence electrons. The number of nitrogens with zero attached hydrogens (tertiary/aromatic N) is 1. The standard InChI is InChI=1S/C13H14N2O/c1-9-3-5-11(6-4-9)7-12-8-13(16)15-10(2)14-12/h3-6,8H,7H2,1-2H3,(H,14,15,16).